The second-order valence-electron chi connectivity index (χ2n) is 8.25. The summed E-state index contributed by atoms with van der Waals surface area (Å²) >= 11 is 0. The SMILES string of the molecule is C[C@@](N)(Cc1ccccc1)c1nnc(C2=Nc3ccccc3NC(c3ccncc3)C2)o1. The highest BCUT2D eigenvalue weighted by molar-refractivity contribution is 6.00. The molecule has 2 aromatic carbocycles. The minimum absolute atomic E-state index is 0.00988. The van der Waals surface area contributed by atoms with Crippen LogP contribution in [0.4, 0.5) is 11.4 Å². The van der Waals surface area contributed by atoms with Crippen LogP contribution in [0.25, 0.3) is 0 Å². The molecular weight excluding hydrogens is 400 g/mol. The number of fused-ring (bicyclic) bond motifs is 1. The van der Waals surface area contributed by atoms with E-state index < -0.39 is 5.54 Å². The van der Waals surface area contributed by atoms with Crippen LogP contribution in [0.3, 0.4) is 0 Å². The second-order valence-corrected chi connectivity index (χ2v) is 8.25. The predicted octanol–water partition coefficient (Wildman–Crippen LogP) is 4.56. The molecule has 32 heavy (non-hydrogen) atoms. The molecule has 0 radical (unpaired) electrons. The van der Waals surface area contributed by atoms with Crippen LogP contribution in [0.2, 0.25) is 0 Å². The summed E-state index contributed by atoms with van der Waals surface area (Å²) in [5.74, 6) is 0.785. The zero-order valence-corrected chi connectivity index (χ0v) is 17.8. The lowest BCUT2D eigenvalue weighted by Gasteiger charge is -2.20. The topological polar surface area (TPSA) is 102 Å². The Kier molecular flexibility index (Phi) is 5.25. The Labute approximate surface area is 186 Å². The molecule has 1 aliphatic heterocycles. The van der Waals surface area contributed by atoms with Gasteiger partial charge >= 0.3 is 0 Å². The number of aliphatic imine (C=N–C) groups is 1. The Balaban J connectivity index is 1.48. The van der Waals surface area contributed by atoms with Crippen LogP contribution in [0, 0.1) is 0 Å². The molecule has 1 aliphatic rings. The van der Waals surface area contributed by atoms with Gasteiger partial charge in [-0.25, -0.2) is 4.99 Å². The minimum atomic E-state index is -0.793. The van der Waals surface area contributed by atoms with E-state index in [0.717, 1.165) is 28.2 Å². The average molecular weight is 425 g/mol. The van der Waals surface area contributed by atoms with Gasteiger partial charge in [-0.15, -0.1) is 10.2 Å². The van der Waals surface area contributed by atoms with Gasteiger partial charge in [-0.3, -0.25) is 4.98 Å². The number of anilines is 1. The third kappa shape index (κ3) is 4.15. The summed E-state index contributed by atoms with van der Waals surface area (Å²) in [5.41, 5.74) is 10.5. The molecule has 2 atom stereocenters. The van der Waals surface area contributed by atoms with Crippen molar-refractivity contribution in [3.8, 4) is 0 Å². The van der Waals surface area contributed by atoms with Crippen LogP contribution in [0.1, 0.15) is 42.3 Å². The summed E-state index contributed by atoms with van der Waals surface area (Å²) in [4.78, 5) is 9.00. The second kappa shape index (κ2) is 8.36. The molecule has 3 heterocycles. The van der Waals surface area contributed by atoms with Gasteiger partial charge in [-0.1, -0.05) is 42.5 Å². The molecule has 0 fully saturated rings. The molecule has 0 saturated heterocycles. The van der Waals surface area contributed by atoms with Crippen LogP contribution >= 0.6 is 0 Å². The molecule has 0 bridgehead atoms. The van der Waals surface area contributed by atoms with E-state index >= 15 is 0 Å². The van der Waals surface area contributed by atoms with Crippen LogP contribution in [-0.4, -0.2) is 20.9 Å². The zero-order chi connectivity index (χ0) is 22.0. The van der Waals surface area contributed by atoms with Crippen molar-refractivity contribution in [3.05, 3.63) is 102 Å². The molecule has 2 aromatic heterocycles. The number of rotatable bonds is 5. The Bertz CT molecular complexity index is 1230. The molecule has 0 amide bonds. The lowest BCUT2D eigenvalue weighted by Crippen LogP contribution is -2.35. The van der Waals surface area contributed by atoms with E-state index in [1.165, 1.54) is 0 Å². The highest BCUT2D eigenvalue weighted by atomic mass is 16.4. The molecule has 160 valence electrons. The van der Waals surface area contributed by atoms with Crippen molar-refractivity contribution in [2.75, 3.05) is 5.32 Å². The van der Waals surface area contributed by atoms with E-state index in [1.807, 2.05) is 73.7 Å². The number of hydrogen-bond acceptors (Lipinski definition) is 7. The first-order valence-corrected chi connectivity index (χ1v) is 10.6. The van der Waals surface area contributed by atoms with Gasteiger partial charge in [0.25, 0.3) is 5.89 Å². The van der Waals surface area contributed by atoms with Gasteiger partial charge in [0.05, 0.1) is 23.0 Å². The van der Waals surface area contributed by atoms with Crippen LogP contribution in [0.5, 0.6) is 0 Å². The normalized spacial score (nSPS) is 17.4. The summed E-state index contributed by atoms with van der Waals surface area (Å²) in [5, 5.41) is 12.2. The zero-order valence-electron chi connectivity index (χ0n) is 17.8. The molecule has 5 rings (SSSR count). The number of nitrogens with two attached hydrogens (primary N) is 1. The van der Waals surface area contributed by atoms with E-state index in [9.17, 15) is 0 Å². The van der Waals surface area contributed by atoms with Crippen molar-refractivity contribution in [3.63, 3.8) is 0 Å². The van der Waals surface area contributed by atoms with Crippen molar-refractivity contribution in [2.24, 2.45) is 10.7 Å². The summed E-state index contributed by atoms with van der Waals surface area (Å²) in [6, 6.07) is 22.0. The third-order valence-corrected chi connectivity index (χ3v) is 5.57. The highest BCUT2D eigenvalue weighted by Crippen LogP contribution is 2.35. The molecule has 0 aliphatic carbocycles. The van der Waals surface area contributed by atoms with E-state index in [2.05, 4.69) is 20.5 Å². The monoisotopic (exact) mass is 424 g/mol. The molecule has 3 N–H and O–H groups in total. The standard InChI is InChI=1S/C25H24N6O/c1-25(26,16-17-7-3-2-4-8-17)24-31-30-23(32-24)22-15-21(18-11-13-27-14-12-18)28-19-9-5-6-10-20(19)29-22/h2-14,21,28H,15-16,26H2,1H3/t21?,25-/m1/s1. The number of para-hydroxylation sites is 2. The van der Waals surface area contributed by atoms with Gasteiger partial charge in [-0.05, 0) is 48.7 Å². The van der Waals surface area contributed by atoms with Crippen molar-refractivity contribution in [1.82, 2.24) is 15.2 Å². The molecule has 7 heteroatoms. The van der Waals surface area contributed by atoms with Crippen molar-refractivity contribution >= 4 is 17.1 Å². The first-order valence-electron chi connectivity index (χ1n) is 10.6. The van der Waals surface area contributed by atoms with Gasteiger partial charge in [-0.2, -0.15) is 0 Å². The summed E-state index contributed by atoms with van der Waals surface area (Å²) in [7, 11) is 0. The molecule has 1 unspecified atom stereocenters. The summed E-state index contributed by atoms with van der Waals surface area (Å²) in [6.07, 6.45) is 4.75. The molecule has 4 aromatic rings. The number of aromatic nitrogens is 3. The van der Waals surface area contributed by atoms with Gasteiger partial charge in [0.1, 0.15) is 5.71 Å². The number of nitrogens with zero attached hydrogens (tertiary/aromatic N) is 4. The third-order valence-electron chi connectivity index (χ3n) is 5.57. The van der Waals surface area contributed by atoms with Crippen LogP contribution < -0.4 is 11.1 Å². The Morgan fingerprint density at radius 2 is 1.75 bits per heavy atom. The Hall–Kier alpha value is -3.84. The quantitative estimate of drug-likeness (QED) is 0.487. The van der Waals surface area contributed by atoms with Gasteiger partial charge < -0.3 is 15.5 Å². The smallest absolute Gasteiger partial charge is 0.262 e. The van der Waals surface area contributed by atoms with E-state index in [-0.39, 0.29) is 6.04 Å². The largest absolute Gasteiger partial charge is 0.418 e. The predicted molar refractivity (Wildman–Crippen MR) is 124 cm³/mol. The molecule has 7 nitrogen and oxygen atoms in total. The van der Waals surface area contributed by atoms with Crippen molar-refractivity contribution < 1.29 is 4.42 Å². The fourth-order valence-electron chi connectivity index (χ4n) is 3.91. The minimum Gasteiger partial charge on any atom is -0.418 e. The van der Waals surface area contributed by atoms with Gasteiger partial charge in [0.2, 0.25) is 5.89 Å². The summed E-state index contributed by atoms with van der Waals surface area (Å²) < 4.78 is 6.10. The first-order chi connectivity index (χ1) is 15.6. The Morgan fingerprint density at radius 1 is 1.00 bits per heavy atom. The van der Waals surface area contributed by atoms with E-state index in [0.29, 0.717) is 24.6 Å². The van der Waals surface area contributed by atoms with E-state index in [1.54, 1.807) is 12.4 Å². The fraction of sp³-hybridized carbons (Fsp3) is 0.200. The number of pyridine rings is 1. The van der Waals surface area contributed by atoms with Crippen molar-refractivity contribution in [1.29, 1.82) is 0 Å². The van der Waals surface area contributed by atoms with E-state index in [4.69, 9.17) is 15.1 Å². The van der Waals surface area contributed by atoms with Crippen LogP contribution in [-0.2, 0) is 12.0 Å². The van der Waals surface area contributed by atoms with Crippen LogP contribution in [0.15, 0.2) is 88.5 Å². The van der Waals surface area contributed by atoms with Crippen molar-refractivity contribution in [2.45, 2.75) is 31.3 Å². The maximum absolute atomic E-state index is 6.58. The Morgan fingerprint density at radius 3 is 2.56 bits per heavy atom. The lowest BCUT2D eigenvalue weighted by atomic mass is 9.94. The molecule has 0 saturated carbocycles. The fourth-order valence-corrected chi connectivity index (χ4v) is 3.91. The molecule has 0 spiro atoms. The maximum Gasteiger partial charge on any atom is 0.262 e. The maximum atomic E-state index is 6.58. The number of nitrogens with one attached hydrogen (secondary N) is 1. The summed E-state index contributed by atoms with van der Waals surface area (Å²) in [6.45, 7) is 1.91. The first kappa shape index (κ1) is 20.1. The molecular formula is C25H24N6O. The average Bonchev–Trinajstić information content (AvgIpc) is 3.23. The van der Waals surface area contributed by atoms with Gasteiger partial charge in [0.15, 0.2) is 0 Å². The lowest BCUT2D eigenvalue weighted by molar-refractivity contribution is 0.348. The van der Waals surface area contributed by atoms with Gasteiger partial charge in [0, 0.05) is 18.8 Å². The highest BCUT2D eigenvalue weighted by Gasteiger charge is 2.31. The number of hydrogen-bond donors (Lipinski definition) is 2. The number of benzene rings is 2.